The van der Waals surface area contributed by atoms with E-state index in [1.807, 2.05) is 11.1 Å². The first-order valence-corrected chi connectivity index (χ1v) is 7.12. The van der Waals surface area contributed by atoms with Crippen molar-refractivity contribution in [3.8, 4) is 0 Å². The van der Waals surface area contributed by atoms with Gasteiger partial charge in [-0.15, -0.1) is 0 Å². The first-order chi connectivity index (χ1) is 9.35. The van der Waals surface area contributed by atoms with Crippen LogP contribution in [0.1, 0.15) is 19.8 Å². The van der Waals surface area contributed by atoms with E-state index in [4.69, 9.17) is 0 Å². The molecule has 1 aliphatic rings. The van der Waals surface area contributed by atoms with Crippen LogP contribution < -0.4 is 4.90 Å². The summed E-state index contributed by atoms with van der Waals surface area (Å²) in [7, 11) is 0. The number of nitrogens with zero attached hydrogens (tertiary/aromatic N) is 3. The van der Waals surface area contributed by atoms with Crippen LogP contribution in [0, 0.1) is 0 Å². The fourth-order valence-electron chi connectivity index (χ4n) is 2.43. The first-order valence-electron chi connectivity index (χ1n) is 7.12. The summed E-state index contributed by atoms with van der Waals surface area (Å²) in [4.78, 5) is 13.5. The van der Waals surface area contributed by atoms with E-state index in [1.165, 1.54) is 5.69 Å². The summed E-state index contributed by atoms with van der Waals surface area (Å²) in [5.74, 6) is 0. The lowest BCUT2D eigenvalue weighted by Crippen LogP contribution is -2.53. The van der Waals surface area contributed by atoms with Gasteiger partial charge in [-0.25, -0.2) is 5.01 Å². The monoisotopic (exact) mass is 261 g/mol. The molecule has 1 aromatic rings. The number of para-hydroxylation sites is 1. The summed E-state index contributed by atoms with van der Waals surface area (Å²) in [5.41, 5.74) is 1.27. The van der Waals surface area contributed by atoms with Crippen LogP contribution in [-0.4, -0.2) is 49.2 Å². The van der Waals surface area contributed by atoms with E-state index in [0.717, 1.165) is 52.0 Å². The number of unbranched alkanes of at least 4 members (excludes halogenated alkanes) is 1. The summed E-state index contributed by atoms with van der Waals surface area (Å²) in [6, 6.07) is 10.5. The molecule has 1 aromatic carbocycles. The first kappa shape index (κ1) is 13.9. The number of carbonyl (C=O) groups excluding carboxylic acids is 1. The lowest BCUT2D eigenvalue weighted by molar-refractivity contribution is -0.135. The molecule has 0 aliphatic carbocycles. The van der Waals surface area contributed by atoms with E-state index >= 15 is 0 Å². The molecule has 0 atom stereocenters. The van der Waals surface area contributed by atoms with Gasteiger partial charge in [0.05, 0.1) is 0 Å². The van der Waals surface area contributed by atoms with Crippen molar-refractivity contribution < 1.29 is 4.79 Å². The van der Waals surface area contributed by atoms with Crippen molar-refractivity contribution in [3.63, 3.8) is 0 Å². The summed E-state index contributed by atoms with van der Waals surface area (Å²) < 4.78 is 0. The number of piperazine rings is 1. The second-order valence-corrected chi connectivity index (χ2v) is 4.90. The van der Waals surface area contributed by atoms with Crippen LogP contribution in [0.25, 0.3) is 0 Å². The van der Waals surface area contributed by atoms with Crippen LogP contribution in [0.2, 0.25) is 0 Å². The Labute approximate surface area is 115 Å². The van der Waals surface area contributed by atoms with E-state index in [-0.39, 0.29) is 0 Å². The molecule has 0 spiro atoms. The zero-order valence-corrected chi connectivity index (χ0v) is 11.7. The number of hydrazine groups is 1. The van der Waals surface area contributed by atoms with Crippen LogP contribution >= 0.6 is 0 Å². The van der Waals surface area contributed by atoms with Crippen LogP contribution in [0.15, 0.2) is 30.3 Å². The van der Waals surface area contributed by atoms with Crippen LogP contribution in [0.5, 0.6) is 0 Å². The smallest absolute Gasteiger partial charge is 0.224 e. The molecule has 0 radical (unpaired) electrons. The third kappa shape index (κ3) is 3.70. The fourth-order valence-corrected chi connectivity index (χ4v) is 2.43. The van der Waals surface area contributed by atoms with Crippen molar-refractivity contribution in [2.75, 3.05) is 37.6 Å². The van der Waals surface area contributed by atoms with Crippen molar-refractivity contribution in [1.82, 2.24) is 10.0 Å². The highest BCUT2D eigenvalue weighted by Crippen LogP contribution is 2.16. The second kappa shape index (κ2) is 7.14. The molecule has 0 bridgehead atoms. The quantitative estimate of drug-likeness (QED) is 0.733. The Kier molecular flexibility index (Phi) is 5.21. The summed E-state index contributed by atoms with van der Waals surface area (Å²) in [6.07, 6.45) is 3.15. The molecular weight excluding hydrogens is 238 g/mol. The van der Waals surface area contributed by atoms with Gasteiger partial charge in [0.2, 0.25) is 6.41 Å². The lowest BCUT2D eigenvalue weighted by atomic mass is 10.2. The number of hydrogen-bond donors (Lipinski definition) is 0. The molecule has 0 saturated carbocycles. The second-order valence-electron chi connectivity index (χ2n) is 4.90. The molecule has 1 fully saturated rings. The standard InChI is InChI=1S/C15H23N3O/c1-2-3-9-18(14-19)17-12-10-16(11-13-17)15-7-5-4-6-8-15/h4-8,14H,2-3,9-13H2,1H3. The summed E-state index contributed by atoms with van der Waals surface area (Å²) in [5, 5.41) is 4.01. The number of anilines is 1. The third-order valence-corrected chi connectivity index (χ3v) is 3.60. The average molecular weight is 261 g/mol. The Bertz CT molecular complexity index is 374. The minimum absolute atomic E-state index is 0.839. The minimum Gasteiger partial charge on any atom is -0.369 e. The zero-order chi connectivity index (χ0) is 13.5. The van der Waals surface area contributed by atoms with E-state index < -0.39 is 0 Å². The maximum Gasteiger partial charge on any atom is 0.224 e. The molecule has 4 heteroatoms. The van der Waals surface area contributed by atoms with E-state index in [0.29, 0.717) is 0 Å². The van der Waals surface area contributed by atoms with Crippen LogP contribution in [-0.2, 0) is 4.79 Å². The Balaban J connectivity index is 1.86. The molecule has 0 N–H and O–H groups in total. The topological polar surface area (TPSA) is 26.8 Å². The summed E-state index contributed by atoms with van der Waals surface area (Å²) in [6.45, 7) is 6.76. The van der Waals surface area contributed by atoms with Gasteiger partial charge in [-0.2, -0.15) is 0 Å². The molecule has 0 unspecified atom stereocenters. The van der Waals surface area contributed by atoms with Gasteiger partial charge in [0.1, 0.15) is 0 Å². The summed E-state index contributed by atoms with van der Waals surface area (Å²) >= 11 is 0. The molecule has 1 heterocycles. The fraction of sp³-hybridized carbons (Fsp3) is 0.533. The highest BCUT2D eigenvalue weighted by molar-refractivity contribution is 5.48. The molecule has 4 nitrogen and oxygen atoms in total. The van der Waals surface area contributed by atoms with Gasteiger partial charge in [0.15, 0.2) is 0 Å². The lowest BCUT2D eigenvalue weighted by Gasteiger charge is -2.40. The van der Waals surface area contributed by atoms with Crippen molar-refractivity contribution >= 4 is 12.1 Å². The molecule has 1 amide bonds. The molecule has 1 saturated heterocycles. The number of benzene rings is 1. The van der Waals surface area contributed by atoms with Gasteiger partial charge in [-0.1, -0.05) is 31.5 Å². The van der Waals surface area contributed by atoms with Crippen molar-refractivity contribution in [2.45, 2.75) is 19.8 Å². The van der Waals surface area contributed by atoms with Gasteiger partial charge >= 0.3 is 0 Å². The van der Waals surface area contributed by atoms with Gasteiger partial charge in [0, 0.05) is 38.4 Å². The normalized spacial score (nSPS) is 16.4. The number of carbonyl (C=O) groups is 1. The van der Waals surface area contributed by atoms with Gasteiger partial charge in [0.25, 0.3) is 0 Å². The number of amides is 1. The van der Waals surface area contributed by atoms with Crippen molar-refractivity contribution in [3.05, 3.63) is 30.3 Å². The van der Waals surface area contributed by atoms with Crippen molar-refractivity contribution in [2.24, 2.45) is 0 Å². The highest BCUT2D eigenvalue weighted by atomic mass is 16.1. The molecule has 1 aliphatic heterocycles. The van der Waals surface area contributed by atoms with E-state index in [9.17, 15) is 4.79 Å². The Hall–Kier alpha value is -1.55. The van der Waals surface area contributed by atoms with Gasteiger partial charge in [-0.3, -0.25) is 9.80 Å². The molecule has 0 aromatic heterocycles. The van der Waals surface area contributed by atoms with Gasteiger partial charge < -0.3 is 4.90 Å². The Morgan fingerprint density at radius 2 is 1.84 bits per heavy atom. The molecular formula is C15H23N3O. The molecule has 104 valence electrons. The predicted octanol–water partition coefficient (Wildman–Crippen LogP) is 1.98. The van der Waals surface area contributed by atoms with E-state index in [1.54, 1.807) is 0 Å². The predicted molar refractivity (Wildman–Crippen MR) is 77.9 cm³/mol. The number of rotatable bonds is 6. The Morgan fingerprint density at radius 3 is 2.42 bits per heavy atom. The average Bonchev–Trinajstić information content (AvgIpc) is 2.49. The minimum atomic E-state index is 0.839. The number of hydrogen-bond acceptors (Lipinski definition) is 3. The molecule has 19 heavy (non-hydrogen) atoms. The highest BCUT2D eigenvalue weighted by Gasteiger charge is 2.20. The molecule has 2 rings (SSSR count). The van der Waals surface area contributed by atoms with Gasteiger partial charge in [-0.05, 0) is 18.6 Å². The zero-order valence-electron chi connectivity index (χ0n) is 11.7. The maximum atomic E-state index is 11.1. The van der Waals surface area contributed by atoms with Crippen LogP contribution in [0.3, 0.4) is 0 Å². The maximum absolute atomic E-state index is 11.1. The Morgan fingerprint density at radius 1 is 1.16 bits per heavy atom. The van der Waals surface area contributed by atoms with Crippen LogP contribution in [0.4, 0.5) is 5.69 Å². The largest absolute Gasteiger partial charge is 0.369 e. The van der Waals surface area contributed by atoms with E-state index in [2.05, 4.69) is 41.1 Å². The van der Waals surface area contributed by atoms with Crippen molar-refractivity contribution in [1.29, 1.82) is 0 Å². The SMILES string of the molecule is CCCCN(C=O)N1CCN(c2ccccc2)CC1. The third-order valence-electron chi connectivity index (χ3n) is 3.60.